The number of halogens is 7. The molecule has 0 amide bonds. The third-order valence-electron chi connectivity index (χ3n) is 5.17. The minimum Gasteiger partial charge on any atom is -0.484 e. The maximum Gasteiger partial charge on any atom is 0.422 e. The molecule has 0 aromatic heterocycles. The molecule has 2 aromatic rings. The van der Waals surface area contributed by atoms with Gasteiger partial charge in [-0.1, -0.05) is 24.3 Å². The van der Waals surface area contributed by atoms with E-state index < -0.39 is 59.7 Å². The second kappa shape index (κ2) is 9.14. The van der Waals surface area contributed by atoms with Gasteiger partial charge in [-0.25, -0.2) is 8.78 Å². The molecule has 0 fully saturated rings. The molecule has 11 heteroatoms. The van der Waals surface area contributed by atoms with Crippen LogP contribution in [0.25, 0.3) is 0 Å². The molecule has 4 nitrogen and oxygen atoms in total. The van der Waals surface area contributed by atoms with Gasteiger partial charge in [-0.05, 0) is 29.8 Å². The molecule has 0 saturated heterocycles. The molecule has 0 aliphatic carbocycles. The second-order valence-corrected chi connectivity index (χ2v) is 7.43. The van der Waals surface area contributed by atoms with Crippen LogP contribution in [0.1, 0.15) is 17.0 Å². The van der Waals surface area contributed by atoms with Crippen molar-refractivity contribution in [3.05, 3.63) is 77.4 Å². The Balaban J connectivity index is 1.77. The number of benzene rings is 2. The average Bonchev–Trinajstić information content (AvgIpc) is 2.77. The van der Waals surface area contributed by atoms with Gasteiger partial charge in [0.05, 0.1) is 0 Å². The summed E-state index contributed by atoms with van der Waals surface area (Å²) >= 11 is 0. The van der Waals surface area contributed by atoms with E-state index >= 15 is 8.78 Å². The Bertz CT molecular complexity index is 1050. The van der Waals surface area contributed by atoms with Crippen LogP contribution >= 0.6 is 0 Å². The fourth-order valence-corrected chi connectivity index (χ4v) is 3.36. The van der Waals surface area contributed by atoms with Crippen LogP contribution in [0, 0.1) is 11.6 Å². The van der Waals surface area contributed by atoms with E-state index in [0.717, 1.165) is 12.1 Å². The molecular weight excluding hydrogens is 457 g/mol. The van der Waals surface area contributed by atoms with Crippen molar-refractivity contribution in [2.75, 3.05) is 19.7 Å². The number of nitrogens with zero attached hydrogens (tertiary/aromatic N) is 1. The van der Waals surface area contributed by atoms with Crippen LogP contribution < -0.4 is 10.5 Å². The van der Waals surface area contributed by atoms with E-state index in [1.165, 1.54) is 30.3 Å². The molecule has 0 saturated carbocycles. The van der Waals surface area contributed by atoms with Crippen LogP contribution in [-0.2, 0) is 5.60 Å². The van der Waals surface area contributed by atoms with Crippen molar-refractivity contribution in [3.8, 4) is 5.75 Å². The predicted molar refractivity (Wildman–Crippen MR) is 106 cm³/mol. The standard InChI is InChI=1S/C22H19F7N2O2/c23-15-4-7-17(18(24)9-15)20(32,11-30)22(28,29)19-8-3-14(10-31-19)13-1-5-16(6-2-13)33-12-21(25,26)27/h1-9,14,32H,10-12,30H2/t14?,20-/m0/s1. The summed E-state index contributed by atoms with van der Waals surface area (Å²) in [6, 6.07) is 7.37. The Morgan fingerprint density at radius 3 is 2.21 bits per heavy atom. The topological polar surface area (TPSA) is 67.8 Å². The highest BCUT2D eigenvalue weighted by atomic mass is 19.4. The lowest BCUT2D eigenvalue weighted by Gasteiger charge is -2.36. The number of rotatable bonds is 7. The molecule has 178 valence electrons. The molecule has 2 atom stereocenters. The minimum absolute atomic E-state index is 0.0130. The van der Waals surface area contributed by atoms with Crippen LogP contribution in [-0.4, -0.2) is 42.6 Å². The quantitative estimate of drug-likeness (QED) is 0.579. The first-order valence-electron chi connectivity index (χ1n) is 9.66. The molecule has 0 radical (unpaired) electrons. The van der Waals surface area contributed by atoms with Crippen molar-refractivity contribution in [1.29, 1.82) is 0 Å². The van der Waals surface area contributed by atoms with E-state index in [0.29, 0.717) is 17.7 Å². The first-order valence-corrected chi connectivity index (χ1v) is 9.66. The van der Waals surface area contributed by atoms with Crippen LogP contribution in [0.2, 0.25) is 0 Å². The normalized spacial score (nSPS) is 18.6. The molecule has 1 aliphatic heterocycles. The number of ether oxygens (including phenoxy) is 1. The highest BCUT2D eigenvalue weighted by Gasteiger charge is 2.57. The average molecular weight is 476 g/mol. The highest BCUT2D eigenvalue weighted by Crippen LogP contribution is 2.41. The lowest BCUT2D eigenvalue weighted by molar-refractivity contribution is -0.153. The number of aliphatic imine (C=N–C) groups is 1. The third kappa shape index (κ3) is 5.19. The second-order valence-electron chi connectivity index (χ2n) is 7.43. The van der Waals surface area contributed by atoms with Crippen molar-refractivity contribution < 1.29 is 40.6 Å². The molecule has 0 bridgehead atoms. The molecule has 2 aromatic carbocycles. The molecule has 1 unspecified atom stereocenters. The Morgan fingerprint density at radius 2 is 1.70 bits per heavy atom. The van der Waals surface area contributed by atoms with Gasteiger partial charge in [0, 0.05) is 30.6 Å². The van der Waals surface area contributed by atoms with Crippen molar-refractivity contribution in [2.45, 2.75) is 23.6 Å². The van der Waals surface area contributed by atoms with Gasteiger partial charge in [0.25, 0.3) is 0 Å². The van der Waals surface area contributed by atoms with E-state index in [-0.39, 0.29) is 12.3 Å². The van der Waals surface area contributed by atoms with Gasteiger partial charge < -0.3 is 15.6 Å². The maximum atomic E-state index is 15.2. The summed E-state index contributed by atoms with van der Waals surface area (Å²) in [5.41, 5.74) is 1.05. The van der Waals surface area contributed by atoms with E-state index in [9.17, 15) is 27.1 Å². The predicted octanol–water partition coefficient (Wildman–Crippen LogP) is 4.48. The molecule has 3 N–H and O–H groups in total. The summed E-state index contributed by atoms with van der Waals surface area (Å²) in [7, 11) is 0. The van der Waals surface area contributed by atoms with Crippen molar-refractivity contribution >= 4 is 5.71 Å². The Kier molecular flexibility index (Phi) is 6.85. The zero-order valence-corrected chi connectivity index (χ0v) is 16.9. The van der Waals surface area contributed by atoms with E-state index in [4.69, 9.17) is 5.73 Å². The van der Waals surface area contributed by atoms with Gasteiger partial charge in [-0.2, -0.15) is 22.0 Å². The monoisotopic (exact) mass is 476 g/mol. The summed E-state index contributed by atoms with van der Waals surface area (Å²) in [6.45, 7) is -2.69. The van der Waals surface area contributed by atoms with E-state index in [2.05, 4.69) is 9.73 Å². The molecule has 1 heterocycles. The Morgan fingerprint density at radius 1 is 1.03 bits per heavy atom. The summed E-state index contributed by atoms with van der Waals surface area (Å²) in [5, 5.41) is 10.6. The SMILES string of the molecule is NC[C@](O)(c1ccc(F)cc1F)C(F)(F)C1=NCC(c2ccc(OCC(F)(F)F)cc2)C=C1. The third-order valence-corrected chi connectivity index (χ3v) is 5.17. The largest absolute Gasteiger partial charge is 0.484 e. The number of dihydropyridines is 1. The van der Waals surface area contributed by atoms with Gasteiger partial charge >= 0.3 is 12.1 Å². The van der Waals surface area contributed by atoms with Gasteiger partial charge in [0.2, 0.25) is 0 Å². The van der Waals surface area contributed by atoms with Gasteiger partial charge in [-0.15, -0.1) is 0 Å². The van der Waals surface area contributed by atoms with Gasteiger partial charge in [0.1, 0.15) is 23.1 Å². The zero-order chi connectivity index (χ0) is 24.4. The summed E-state index contributed by atoms with van der Waals surface area (Å²) in [6.07, 6.45) is -2.15. The molecule has 33 heavy (non-hydrogen) atoms. The van der Waals surface area contributed by atoms with E-state index in [1.54, 1.807) is 0 Å². The minimum atomic E-state index is -4.48. The fraction of sp³-hybridized carbons (Fsp3) is 0.318. The van der Waals surface area contributed by atoms with Gasteiger partial charge in [-0.3, -0.25) is 4.99 Å². The molecular formula is C22H19F7N2O2. The van der Waals surface area contributed by atoms with E-state index in [1.807, 2.05) is 0 Å². The number of aliphatic hydroxyl groups is 1. The fourth-order valence-electron chi connectivity index (χ4n) is 3.36. The van der Waals surface area contributed by atoms with Gasteiger partial charge in [0.15, 0.2) is 12.2 Å². The molecule has 3 rings (SSSR count). The zero-order valence-electron chi connectivity index (χ0n) is 16.9. The van der Waals surface area contributed by atoms with Crippen LogP contribution in [0.15, 0.2) is 59.6 Å². The van der Waals surface area contributed by atoms with Crippen LogP contribution in [0.3, 0.4) is 0 Å². The maximum absolute atomic E-state index is 15.2. The first kappa shape index (κ1) is 24.7. The smallest absolute Gasteiger partial charge is 0.422 e. The first-order chi connectivity index (χ1) is 15.4. The number of allylic oxidation sites excluding steroid dienone is 1. The van der Waals surface area contributed by atoms with Crippen LogP contribution in [0.4, 0.5) is 30.7 Å². The molecule has 1 aliphatic rings. The number of alkyl halides is 5. The molecule has 0 spiro atoms. The number of nitrogens with two attached hydrogens (primary N) is 1. The highest BCUT2D eigenvalue weighted by molar-refractivity contribution is 6.02. The number of hydrogen-bond acceptors (Lipinski definition) is 4. The lowest BCUT2D eigenvalue weighted by atomic mass is 9.83. The summed E-state index contributed by atoms with van der Waals surface area (Å²) in [5.74, 6) is -6.99. The van der Waals surface area contributed by atoms with Crippen molar-refractivity contribution in [1.82, 2.24) is 0 Å². The summed E-state index contributed by atoms with van der Waals surface area (Å²) in [4.78, 5) is 3.82. The Labute approximate surface area is 184 Å². The lowest BCUT2D eigenvalue weighted by Crippen LogP contribution is -2.55. The van der Waals surface area contributed by atoms with Crippen LogP contribution in [0.5, 0.6) is 5.75 Å². The number of hydrogen-bond donors (Lipinski definition) is 2. The van der Waals surface area contributed by atoms with Crippen molar-refractivity contribution in [3.63, 3.8) is 0 Å². The van der Waals surface area contributed by atoms with Crippen molar-refractivity contribution in [2.24, 2.45) is 10.7 Å². The summed E-state index contributed by atoms with van der Waals surface area (Å²) < 4.78 is 99.1. The Hall–Kier alpha value is -2.92.